The van der Waals surface area contributed by atoms with Crippen LogP contribution in [0, 0.1) is 18.7 Å². The van der Waals surface area contributed by atoms with Gasteiger partial charge in [-0.05, 0) is 55.5 Å². The van der Waals surface area contributed by atoms with Gasteiger partial charge in [0.25, 0.3) is 0 Å². The van der Waals surface area contributed by atoms with Crippen LogP contribution in [0.1, 0.15) is 12.1 Å². The van der Waals surface area contributed by atoms with Crippen molar-refractivity contribution >= 4 is 40.6 Å². The molecule has 9 nitrogen and oxygen atoms in total. The molecule has 3 aromatic rings. The number of aryl methyl sites for hydroxylation is 1. The minimum absolute atomic E-state index is 0.110. The second-order valence-electron chi connectivity index (χ2n) is 8.86. The summed E-state index contributed by atoms with van der Waals surface area (Å²) in [7, 11) is 0. The number of amides is 2. The molecule has 0 radical (unpaired) electrons. The number of hydrogen-bond acceptors (Lipinski definition) is 7. The maximum Gasteiger partial charge on any atom is 0.229 e. The largest absolute Gasteiger partial charge is 0.378 e. The van der Waals surface area contributed by atoms with Crippen LogP contribution >= 0.6 is 0 Å². The lowest BCUT2D eigenvalue weighted by molar-refractivity contribution is -0.122. The molecule has 1 aromatic heterocycles. The molecule has 2 amide bonds. The first-order chi connectivity index (χ1) is 17.4. The van der Waals surface area contributed by atoms with Crippen LogP contribution in [0.5, 0.6) is 0 Å². The van der Waals surface area contributed by atoms with Gasteiger partial charge < -0.3 is 25.2 Å². The van der Waals surface area contributed by atoms with Crippen LogP contribution < -0.4 is 20.4 Å². The van der Waals surface area contributed by atoms with Crippen molar-refractivity contribution in [3.05, 3.63) is 66.1 Å². The number of halogens is 1. The van der Waals surface area contributed by atoms with Crippen LogP contribution in [0.4, 0.5) is 33.2 Å². The molecule has 0 saturated carbocycles. The first-order valence-corrected chi connectivity index (χ1v) is 11.9. The van der Waals surface area contributed by atoms with Crippen LogP contribution in [0.25, 0.3) is 0 Å². The number of carbonyl (C=O) groups is 2. The van der Waals surface area contributed by atoms with Crippen molar-refractivity contribution < 1.29 is 18.7 Å². The quantitative estimate of drug-likeness (QED) is 0.546. The lowest BCUT2D eigenvalue weighted by Crippen LogP contribution is -2.36. The molecule has 36 heavy (non-hydrogen) atoms. The highest BCUT2D eigenvalue weighted by molar-refractivity contribution is 6.03. The Bertz CT molecular complexity index is 1250. The van der Waals surface area contributed by atoms with Crippen molar-refractivity contribution in [1.29, 1.82) is 0 Å². The standard InChI is InChI=1S/C26H27FN6O3/c1-17-14-23(32-10-12-36-13-11-32)31-26(28-17)30-21-6-4-20(5-7-21)29-25(35)18-15-24(34)33(16-18)22-8-2-19(27)3-9-22/h2-9,14,18H,10-13,15-16H2,1H3,(H,29,35)(H,28,30,31)/t18-/m0/s1. The fraction of sp³-hybridized carbons (Fsp3) is 0.308. The van der Waals surface area contributed by atoms with Crippen LogP contribution in [0.2, 0.25) is 0 Å². The number of carbonyl (C=O) groups excluding carboxylic acids is 2. The number of ether oxygens (including phenoxy) is 1. The number of benzene rings is 2. The third-order valence-corrected chi connectivity index (χ3v) is 6.22. The van der Waals surface area contributed by atoms with Crippen molar-refractivity contribution in [2.24, 2.45) is 5.92 Å². The van der Waals surface area contributed by atoms with E-state index in [1.54, 1.807) is 24.3 Å². The van der Waals surface area contributed by atoms with Gasteiger partial charge in [0.05, 0.1) is 19.1 Å². The molecular weight excluding hydrogens is 463 g/mol. The number of rotatable bonds is 6. The average Bonchev–Trinajstić information content (AvgIpc) is 3.27. The average molecular weight is 491 g/mol. The molecule has 3 heterocycles. The molecule has 1 atom stereocenters. The summed E-state index contributed by atoms with van der Waals surface area (Å²) in [5.41, 5.74) is 2.85. The van der Waals surface area contributed by atoms with Gasteiger partial charge in [-0.15, -0.1) is 0 Å². The van der Waals surface area contributed by atoms with Crippen LogP contribution in [0.15, 0.2) is 54.6 Å². The maximum absolute atomic E-state index is 13.2. The highest BCUT2D eigenvalue weighted by atomic mass is 19.1. The molecule has 2 aliphatic rings. The molecule has 2 fully saturated rings. The normalized spacial score (nSPS) is 17.8. The fourth-order valence-corrected chi connectivity index (χ4v) is 4.33. The van der Waals surface area contributed by atoms with Crippen molar-refractivity contribution in [2.45, 2.75) is 13.3 Å². The third-order valence-electron chi connectivity index (χ3n) is 6.22. The zero-order chi connectivity index (χ0) is 25.1. The van der Waals surface area contributed by atoms with Crippen LogP contribution in [-0.4, -0.2) is 54.6 Å². The maximum atomic E-state index is 13.2. The number of nitrogens with zero attached hydrogens (tertiary/aromatic N) is 4. The molecule has 5 rings (SSSR count). The molecule has 2 aromatic carbocycles. The zero-order valence-electron chi connectivity index (χ0n) is 19.9. The summed E-state index contributed by atoms with van der Waals surface area (Å²) in [5, 5.41) is 6.11. The molecule has 10 heteroatoms. The van der Waals surface area contributed by atoms with Gasteiger partial charge in [-0.25, -0.2) is 9.37 Å². The summed E-state index contributed by atoms with van der Waals surface area (Å²) in [6, 6.07) is 14.9. The predicted octanol–water partition coefficient (Wildman–Crippen LogP) is 3.50. The van der Waals surface area contributed by atoms with E-state index in [1.165, 1.54) is 17.0 Å². The highest BCUT2D eigenvalue weighted by Crippen LogP contribution is 2.27. The fourth-order valence-electron chi connectivity index (χ4n) is 4.33. The molecule has 0 spiro atoms. The van der Waals surface area contributed by atoms with E-state index in [-0.39, 0.29) is 30.6 Å². The van der Waals surface area contributed by atoms with E-state index >= 15 is 0 Å². The molecule has 0 bridgehead atoms. The Labute approximate surface area is 208 Å². The van der Waals surface area contributed by atoms with Gasteiger partial charge in [0.2, 0.25) is 17.8 Å². The van der Waals surface area contributed by atoms with Gasteiger partial charge in [-0.2, -0.15) is 4.98 Å². The van der Waals surface area contributed by atoms with Crippen molar-refractivity contribution in [3.8, 4) is 0 Å². The first-order valence-electron chi connectivity index (χ1n) is 11.9. The Morgan fingerprint density at radius 3 is 2.44 bits per heavy atom. The third kappa shape index (κ3) is 5.44. The molecule has 0 unspecified atom stereocenters. The summed E-state index contributed by atoms with van der Waals surface area (Å²) in [6.07, 6.45) is 0.110. The molecule has 2 N–H and O–H groups in total. The number of nitrogens with one attached hydrogen (secondary N) is 2. The second kappa shape index (κ2) is 10.3. The van der Waals surface area contributed by atoms with E-state index in [1.807, 2.05) is 25.1 Å². The van der Waals surface area contributed by atoms with Gasteiger partial charge in [-0.3, -0.25) is 9.59 Å². The van der Waals surface area contributed by atoms with Gasteiger partial charge in [0.15, 0.2) is 0 Å². The van der Waals surface area contributed by atoms with Gasteiger partial charge in [-0.1, -0.05) is 0 Å². The van der Waals surface area contributed by atoms with Crippen LogP contribution in [-0.2, 0) is 14.3 Å². The van der Waals surface area contributed by atoms with Gasteiger partial charge in [0.1, 0.15) is 11.6 Å². The summed E-state index contributed by atoms with van der Waals surface area (Å²) >= 11 is 0. The second-order valence-corrected chi connectivity index (χ2v) is 8.86. The Hall–Kier alpha value is -4.05. The van der Waals surface area contributed by atoms with E-state index in [4.69, 9.17) is 4.74 Å². The van der Waals surface area contributed by atoms with Gasteiger partial charge >= 0.3 is 0 Å². The monoisotopic (exact) mass is 490 g/mol. The number of hydrogen-bond donors (Lipinski definition) is 2. The summed E-state index contributed by atoms with van der Waals surface area (Å²) < 4.78 is 18.6. The van der Waals surface area contributed by atoms with Gasteiger partial charge in [0, 0.05) is 54.9 Å². The molecule has 2 aliphatic heterocycles. The SMILES string of the molecule is Cc1cc(N2CCOCC2)nc(Nc2ccc(NC(=O)[C@H]3CC(=O)N(c4ccc(F)cc4)C3)cc2)n1. The zero-order valence-corrected chi connectivity index (χ0v) is 19.9. The summed E-state index contributed by atoms with van der Waals surface area (Å²) in [4.78, 5) is 38.0. The first kappa shape index (κ1) is 23.7. The van der Waals surface area contributed by atoms with E-state index in [0.717, 1.165) is 30.3 Å². The predicted molar refractivity (Wildman–Crippen MR) is 135 cm³/mol. The summed E-state index contributed by atoms with van der Waals surface area (Å²) in [6.45, 7) is 5.13. The lowest BCUT2D eigenvalue weighted by atomic mass is 10.1. The topological polar surface area (TPSA) is 99.7 Å². The number of anilines is 5. The molecular formula is C26H27FN6O3. The van der Waals surface area contributed by atoms with E-state index in [2.05, 4.69) is 25.5 Å². The van der Waals surface area contributed by atoms with Crippen molar-refractivity contribution in [2.75, 3.05) is 53.3 Å². The molecule has 2 saturated heterocycles. The Kier molecular flexibility index (Phi) is 6.77. The number of morpholine rings is 1. The summed E-state index contributed by atoms with van der Waals surface area (Å²) in [5.74, 6) is 0.113. The lowest BCUT2D eigenvalue weighted by Gasteiger charge is -2.28. The van der Waals surface area contributed by atoms with E-state index in [9.17, 15) is 14.0 Å². The number of aromatic nitrogens is 2. The Morgan fingerprint density at radius 2 is 1.72 bits per heavy atom. The van der Waals surface area contributed by atoms with Crippen molar-refractivity contribution in [1.82, 2.24) is 9.97 Å². The Morgan fingerprint density at radius 1 is 1.03 bits per heavy atom. The van der Waals surface area contributed by atoms with Crippen LogP contribution in [0.3, 0.4) is 0 Å². The van der Waals surface area contributed by atoms with Crippen molar-refractivity contribution in [3.63, 3.8) is 0 Å². The molecule has 0 aliphatic carbocycles. The highest BCUT2D eigenvalue weighted by Gasteiger charge is 2.35. The van der Waals surface area contributed by atoms with E-state index < -0.39 is 5.92 Å². The minimum Gasteiger partial charge on any atom is -0.378 e. The Balaban J connectivity index is 1.20. The smallest absolute Gasteiger partial charge is 0.229 e. The van der Waals surface area contributed by atoms with E-state index in [0.29, 0.717) is 30.5 Å². The minimum atomic E-state index is -0.486. The molecule has 186 valence electrons.